The molecular formula is C31H63BN8O8. The van der Waals surface area contributed by atoms with E-state index in [9.17, 15) is 39.1 Å². The smallest absolute Gasteiger partial charge is 0.426 e. The van der Waals surface area contributed by atoms with Crippen molar-refractivity contribution in [1.29, 1.82) is 0 Å². The Morgan fingerprint density at radius 1 is 0.688 bits per heavy atom. The Hall–Kier alpha value is -2.83. The van der Waals surface area contributed by atoms with E-state index in [0.29, 0.717) is 32.5 Å². The number of carbonyl (C=O) groups excluding carboxylic acids is 5. The summed E-state index contributed by atoms with van der Waals surface area (Å²) in [5.41, 5.74) is 10.9. The van der Waals surface area contributed by atoms with E-state index < -0.39 is 72.9 Å². The number of primary amides is 1. The first-order valence-corrected chi connectivity index (χ1v) is 17.4. The zero-order valence-electron chi connectivity index (χ0n) is 29.4. The molecule has 0 saturated carbocycles. The Morgan fingerprint density at radius 3 is 1.85 bits per heavy atom. The Kier molecular flexibility index (Phi) is 25.5. The standard InChI is InChI=1S/C31H63BN8O8/c1-5-6-7-8-9-10-11-14-17-35-18-19-36-25(20-26(34)42)30(45)40-27(22(3)41)31(46)37-21(2)28(43)39-24(15-12-13-16-33)29(44)38-23(4)32(47)48/h21-25,27,35-36,41,47-48H,5-20,33H2,1-4H3,(H2,34,42)(H,37,46)(H,38,44)(H,39,43)(H,40,45). The molecule has 17 heteroatoms. The highest BCUT2D eigenvalue weighted by Gasteiger charge is 2.32. The number of nitrogens with two attached hydrogens (primary N) is 2. The van der Waals surface area contributed by atoms with Crippen molar-refractivity contribution in [2.24, 2.45) is 11.5 Å². The Morgan fingerprint density at radius 2 is 1.29 bits per heavy atom. The van der Waals surface area contributed by atoms with Crippen LogP contribution in [-0.4, -0.2) is 114 Å². The average Bonchev–Trinajstić information content (AvgIpc) is 3.02. The Bertz CT molecular complexity index is 946. The lowest BCUT2D eigenvalue weighted by molar-refractivity contribution is -0.135. The zero-order chi connectivity index (χ0) is 36.5. The number of carbonyl (C=O) groups is 5. The molecule has 6 unspecified atom stereocenters. The van der Waals surface area contributed by atoms with Gasteiger partial charge in [0.25, 0.3) is 0 Å². The third-order valence-corrected chi connectivity index (χ3v) is 7.83. The highest BCUT2D eigenvalue weighted by molar-refractivity contribution is 6.43. The SMILES string of the molecule is CCCCCCCCCCNCCNC(CC(N)=O)C(=O)NC(C(=O)NC(C)C(=O)NC(CCCCN)C(=O)NC(C)B(O)O)C(C)O. The molecule has 48 heavy (non-hydrogen) atoms. The first-order chi connectivity index (χ1) is 22.7. The van der Waals surface area contributed by atoms with Crippen molar-refractivity contribution in [3.8, 4) is 0 Å². The van der Waals surface area contributed by atoms with Crippen LogP contribution in [0.4, 0.5) is 0 Å². The first-order valence-electron chi connectivity index (χ1n) is 17.4. The molecule has 5 amide bonds. The van der Waals surface area contributed by atoms with E-state index in [1.807, 2.05) is 0 Å². The summed E-state index contributed by atoms with van der Waals surface area (Å²) in [7, 11) is -1.81. The van der Waals surface area contributed by atoms with Crippen molar-refractivity contribution in [1.82, 2.24) is 31.9 Å². The highest BCUT2D eigenvalue weighted by atomic mass is 16.4. The monoisotopic (exact) mass is 686 g/mol. The molecular weight excluding hydrogens is 623 g/mol. The molecule has 0 spiro atoms. The third kappa shape index (κ3) is 21.2. The summed E-state index contributed by atoms with van der Waals surface area (Å²) in [5.74, 6) is -4.70. The lowest BCUT2D eigenvalue weighted by atomic mass is 9.81. The van der Waals surface area contributed by atoms with Gasteiger partial charge >= 0.3 is 7.12 Å². The molecule has 0 aromatic carbocycles. The molecule has 0 heterocycles. The Balaban J connectivity index is 5.05. The summed E-state index contributed by atoms with van der Waals surface area (Å²) in [5, 5.41) is 45.0. The van der Waals surface area contributed by atoms with E-state index in [1.165, 1.54) is 59.3 Å². The summed E-state index contributed by atoms with van der Waals surface area (Å²) in [6, 6.07) is -4.77. The maximum Gasteiger partial charge on any atom is 0.475 e. The summed E-state index contributed by atoms with van der Waals surface area (Å²) >= 11 is 0. The third-order valence-electron chi connectivity index (χ3n) is 7.83. The minimum absolute atomic E-state index is 0.207. The van der Waals surface area contributed by atoms with Gasteiger partial charge in [-0.2, -0.15) is 0 Å². The van der Waals surface area contributed by atoms with E-state index in [4.69, 9.17) is 11.5 Å². The maximum absolute atomic E-state index is 13.1. The van der Waals surface area contributed by atoms with Gasteiger partial charge in [0, 0.05) is 13.1 Å². The normalized spacial score (nSPS) is 14.9. The van der Waals surface area contributed by atoms with Crippen LogP contribution in [0, 0.1) is 0 Å². The number of aliphatic hydroxyl groups excluding tert-OH is 1. The van der Waals surface area contributed by atoms with Crippen molar-refractivity contribution >= 4 is 36.7 Å². The molecule has 0 saturated heterocycles. The van der Waals surface area contributed by atoms with Gasteiger partial charge in [-0.15, -0.1) is 0 Å². The van der Waals surface area contributed by atoms with Gasteiger partial charge in [0.1, 0.15) is 18.1 Å². The van der Waals surface area contributed by atoms with Crippen LogP contribution in [0.5, 0.6) is 0 Å². The number of rotatable bonds is 29. The second-order valence-electron chi connectivity index (χ2n) is 12.4. The minimum atomic E-state index is -1.81. The van der Waals surface area contributed by atoms with E-state index in [1.54, 1.807) is 0 Å². The minimum Gasteiger partial charge on any atom is -0.426 e. The second-order valence-corrected chi connectivity index (χ2v) is 12.4. The van der Waals surface area contributed by atoms with E-state index in [-0.39, 0.29) is 12.8 Å². The number of nitrogens with one attached hydrogen (secondary N) is 6. The van der Waals surface area contributed by atoms with E-state index >= 15 is 0 Å². The average molecular weight is 687 g/mol. The lowest BCUT2D eigenvalue weighted by Gasteiger charge is -2.26. The van der Waals surface area contributed by atoms with Crippen molar-refractivity contribution in [2.45, 2.75) is 141 Å². The van der Waals surface area contributed by atoms with Gasteiger partial charge in [-0.05, 0) is 59.5 Å². The number of aliphatic hydroxyl groups is 1. The molecule has 0 radical (unpaired) electrons. The molecule has 13 N–H and O–H groups in total. The van der Waals surface area contributed by atoms with E-state index in [2.05, 4.69) is 38.8 Å². The van der Waals surface area contributed by atoms with Crippen molar-refractivity contribution < 1.29 is 39.1 Å². The van der Waals surface area contributed by atoms with Crippen molar-refractivity contribution in [3.63, 3.8) is 0 Å². The predicted octanol–water partition coefficient (Wildman–Crippen LogP) is -1.95. The van der Waals surface area contributed by atoms with E-state index in [0.717, 1.165) is 19.4 Å². The quantitative estimate of drug-likeness (QED) is 0.0304. The van der Waals surface area contributed by atoms with Crippen LogP contribution in [0.1, 0.15) is 105 Å². The number of hydrogen-bond donors (Lipinski definition) is 11. The fourth-order valence-electron chi connectivity index (χ4n) is 4.79. The number of amides is 5. The zero-order valence-corrected chi connectivity index (χ0v) is 29.4. The molecule has 0 aliphatic carbocycles. The number of hydrogen-bond acceptors (Lipinski definition) is 11. The lowest BCUT2D eigenvalue weighted by Crippen LogP contribution is -2.60. The molecule has 6 atom stereocenters. The van der Waals surface area contributed by atoms with Gasteiger partial charge in [-0.3, -0.25) is 24.0 Å². The molecule has 0 aliphatic heterocycles. The molecule has 0 rings (SSSR count). The second kappa shape index (κ2) is 27.0. The van der Waals surface area contributed by atoms with Gasteiger partial charge in [0.15, 0.2) is 0 Å². The molecule has 278 valence electrons. The van der Waals surface area contributed by atoms with Gasteiger partial charge in [0.2, 0.25) is 29.5 Å². The summed E-state index contributed by atoms with van der Waals surface area (Å²) < 4.78 is 0. The van der Waals surface area contributed by atoms with Crippen LogP contribution in [0.25, 0.3) is 0 Å². The fourth-order valence-corrected chi connectivity index (χ4v) is 4.79. The summed E-state index contributed by atoms with van der Waals surface area (Å²) in [4.78, 5) is 63.5. The predicted molar refractivity (Wildman–Crippen MR) is 185 cm³/mol. The molecule has 0 fully saturated rings. The molecule has 0 aromatic heterocycles. The van der Waals surface area contributed by atoms with Crippen LogP contribution in [0.3, 0.4) is 0 Å². The highest BCUT2D eigenvalue weighted by Crippen LogP contribution is 2.08. The molecule has 16 nitrogen and oxygen atoms in total. The molecule has 0 bridgehead atoms. The van der Waals surface area contributed by atoms with Crippen molar-refractivity contribution in [3.05, 3.63) is 0 Å². The summed E-state index contributed by atoms with van der Waals surface area (Å²) in [6.45, 7) is 8.32. The van der Waals surface area contributed by atoms with Gasteiger partial charge < -0.3 is 58.5 Å². The van der Waals surface area contributed by atoms with Crippen LogP contribution >= 0.6 is 0 Å². The largest absolute Gasteiger partial charge is 0.475 e. The first kappa shape index (κ1) is 45.2. The van der Waals surface area contributed by atoms with Gasteiger partial charge in [-0.1, -0.05) is 51.9 Å². The van der Waals surface area contributed by atoms with Crippen LogP contribution in [0.2, 0.25) is 0 Å². The molecule has 0 aliphatic rings. The van der Waals surface area contributed by atoms with Gasteiger partial charge in [0.05, 0.1) is 24.5 Å². The topological polar surface area (TPSA) is 270 Å². The summed E-state index contributed by atoms with van der Waals surface area (Å²) in [6.07, 6.45) is 9.30. The van der Waals surface area contributed by atoms with Crippen molar-refractivity contribution in [2.75, 3.05) is 26.2 Å². The van der Waals surface area contributed by atoms with Crippen LogP contribution in [-0.2, 0) is 24.0 Å². The molecule has 0 aromatic rings. The van der Waals surface area contributed by atoms with Gasteiger partial charge in [-0.25, -0.2) is 0 Å². The number of unbranched alkanes of at least 4 members (excludes halogenated alkanes) is 8. The fraction of sp³-hybridized carbons (Fsp3) is 0.839. The Labute approximate surface area is 286 Å². The maximum atomic E-state index is 13.1. The van der Waals surface area contributed by atoms with Crippen LogP contribution in [0.15, 0.2) is 0 Å². The van der Waals surface area contributed by atoms with Crippen LogP contribution < -0.4 is 43.4 Å².